The van der Waals surface area contributed by atoms with Crippen LogP contribution < -0.4 is 0 Å². The Balaban J connectivity index is 2.64. The first-order valence-electron chi connectivity index (χ1n) is 4.17. The molecule has 0 aromatic carbocycles. The van der Waals surface area contributed by atoms with E-state index >= 15 is 0 Å². The highest BCUT2D eigenvalue weighted by Crippen LogP contribution is 2.44. The van der Waals surface area contributed by atoms with E-state index in [-0.39, 0.29) is 6.42 Å². The van der Waals surface area contributed by atoms with Crippen LogP contribution in [0.3, 0.4) is 0 Å². The Labute approximate surface area is 69.6 Å². The zero-order valence-corrected chi connectivity index (χ0v) is 6.93. The Morgan fingerprint density at radius 1 is 1.33 bits per heavy atom. The summed E-state index contributed by atoms with van der Waals surface area (Å²) in [5.41, 5.74) is 0. The number of hydrogen-bond acceptors (Lipinski definition) is 1. The summed E-state index contributed by atoms with van der Waals surface area (Å²) in [6.45, 7) is 1.44. The van der Waals surface area contributed by atoms with Gasteiger partial charge in [-0.15, -0.1) is 0 Å². The summed E-state index contributed by atoms with van der Waals surface area (Å²) in [6, 6.07) is 0. The number of rotatable bonds is 1. The highest BCUT2D eigenvalue weighted by atomic mass is 19.4. The van der Waals surface area contributed by atoms with Crippen molar-refractivity contribution in [3.05, 3.63) is 0 Å². The predicted molar refractivity (Wildman–Crippen MR) is 38.6 cm³/mol. The van der Waals surface area contributed by atoms with Crippen LogP contribution in [0.15, 0.2) is 0 Å². The second-order valence-electron chi connectivity index (χ2n) is 3.48. The van der Waals surface area contributed by atoms with E-state index in [9.17, 15) is 13.2 Å². The lowest BCUT2D eigenvalue weighted by molar-refractivity contribution is -0.191. The van der Waals surface area contributed by atoms with Crippen LogP contribution in [0.5, 0.6) is 0 Å². The molecule has 1 fully saturated rings. The van der Waals surface area contributed by atoms with Crippen molar-refractivity contribution in [2.45, 2.75) is 38.5 Å². The highest BCUT2D eigenvalue weighted by molar-refractivity contribution is 4.85. The van der Waals surface area contributed by atoms with Crippen LogP contribution in [-0.2, 0) is 0 Å². The van der Waals surface area contributed by atoms with Crippen molar-refractivity contribution < 1.29 is 18.3 Å². The predicted octanol–water partition coefficient (Wildman–Crippen LogP) is 2.35. The molecule has 1 nitrogen and oxygen atoms in total. The van der Waals surface area contributed by atoms with Crippen LogP contribution in [0.1, 0.15) is 26.2 Å². The second kappa shape index (κ2) is 3.24. The second-order valence-corrected chi connectivity index (χ2v) is 3.48. The Morgan fingerprint density at radius 3 is 2.25 bits per heavy atom. The van der Waals surface area contributed by atoms with Crippen LogP contribution in [0.2, 0.25) is 0 Å². The third-order valence-corrected chi connectivity index (χ3v) is 2.61. The molecule has 1 aliphatic rings. The lowest BCUT2D eigenvalue weighted by Crippen LogP contribution is -2.31. The van der Waals surface area contributed by atoms with Crippen LogP contribution in [0.25, 0.3) is 0 Å². The maximum Gasteiger partial charge on any atom is 0.392 e. The van der Waals surface area contributed by atoms with Gasteiger partial charge in [-0.1, -0.05) is 6.42 Å². The molecule has 0 aromatic heterocycles. The molecule has 72 valence electrons. The molecule has 1 saturated carbocycles. The van der Waals surface area contributed by atoms with Gasteiger partial charge in [-0.25, -0.2) is 0 Å². The molecule has 3 atom stereocenters. The smallest absolute Gasteiger partial charge is 0.392 e. The molecule has 0 bridgehead atoms. The van der Waals surface area contributed by atoms with Gasteiger partial charge in [-0.05, 0) is 25.7 Å². The normalized spacial score (nSPS) is 33.8. The monoisotopic (exact) mass is 182 g/mol. The lowest BCUT2D eigenvalue weighted by atomic mass is 9.91. The van der Waals surface area contributed by atoms with Gasteiger partial charge in [0.1, 0.15) is 0 Å². The van der Waals surface area contributed by atoms with Gasteiger partial charge in [0.15, 0.2) is 0 Å². The van der Waals surface area contributed by atoms with Gasteiger partial charge in [-0.3, -0.25) is 0 Å². The fourth-order valence-corrected chi connectivity index (χ4v) is 1.97. The molecule has 0 amide bonds. The SMILES string of the molecule is CC(O)C1CCCC1C(F)(F)F. The van der Waals surface area contributed by atoms with Gasteiger partial charge in [-0.2, -0.15) is 13.2 Å². The molecule has 0 aromatic rings. The van der Waals surface area contributed by atoms with Crippen molar-refractivity contribution in [2.75, 3.05) is 0 Å². The molecule has 4 heteroatoms. The van der Waals surface area contributed by atoms with E-state index in [0.29, 0.717) is 12.8 Å². The first-order chi connectivity index (χ1) is 5.43. The summed E-state index contributed by atoms with van der Waals surface area (Å²) in [5.74, 6) is -1.86. The van der Waals surface area contributed by atoms with Crippen LogP contribution >= 0.6 is 0 Å². The average Bonchev–Trinajstić information content (AvgIpc) is 2.30. The van der Waals surface area contributed by atoms with Crippen molar-refractivity contribution in [3.63, 3.8) is 0 Å². The zero-order chi connectivity index (χ0) is 9.35. The highest BCUT2D eigenvalue weighted by Gasteiger charge is 2.48. The summed E-state index contributed by atoms with van der Waals surface area (Å²) in [4.78, 5) is 0. The topological polar surface area (TPSA) is 20.2 Å². The Hall–Kier alpha value is -0.250. The Kier molecular flexibility index (Phi) is 2.66. The van der Waals surface area contributed by atoms with Crippen LogP contribution in [0.4, 0.5) is 13.2 Å². The van der Waals surface area contributed by atoms with Crippen molar-refractivity contribution >= 4 is 0 Å². The van der Waals surface area contributed by atoms with E-state index in [1.807, 2.05) is 0 Å². The number of hydrogen-bond donors (Lipinski definition) is 1. The molecular formula is C8H13F3O. The van der Waals surface area contributed by atoms with Gasteiger partial charge >= 0.3 is 6.18 Å². The summed E-state index contributed by atoms with van der Waals surface area (Å²) in [6.07, 6.45) is -3.70. The number of halogens is 3. The average molecular weight is 182 g/mol. The van der Waals surface area contributed by atoms with E-state index in [2.05, 4.69) is 0 Å². The molecule has 0 aliphatic heterocycles. The summed E-state index contributed by atoms with van der Waals surface area (Å²) >= 11 is 0. The maximum absolute atomic E-state index is 12.3. The number of aliphatic hydroxyl groups excluding tert-OH is 1. The third kappa shape index (κ3) is 1.91. The first-order valence-corrected chi connectivity index (χ1v) is 4.17. The number of alkyl halides is 3. The molecule has 1 aliphatic carbocycles. The first kappa shape index (κ1) is 9.84. The quantitative estimate of drug-likeness (QED) is 0.660. The van der Waals surface area contributed by atoms with Crippen molar-refractivity contribution in [2.24, 2.45) is 11.8 Å². The van der Waals surface area contributed by atoms with Crippen LogP contribution in [0, 0.1) is 11.8 Å². The molecule has 0 spiro atoms. The molecule has 0 radical (unpaired) electrons. The third-order valence-electron chi connectivity index (χ3n) is 2.61. The van der Waals surface area contributed by atoms with Gasteiger partial charge in [0.25, 0.3) is 0 Å². The van der Waals surface area contributed by atoms with Gasteiger partial charge in [0.2, 0.25) is 0 Å². The maximum atomic E-state index is 12.3. The summed E-state index contributed by atoms with van der Waals surface area (Å²) < 4.78 is 36.8. The van der Waals surface area contributed by atoms with Gasteiger partial charge in [0.05, 0.1) is 12.0 Å². The molecule has 1 rings (SSSR count). The van der Waals surface area contributed by atoms with Gasteiger partial charge < -0.3 is 5.11 Å². The number of aliphatic hydroxyl groups is 1. The van der Waals surface area contributed by atoms with Crippen molar-refractivity contribution in [3.8, 4) is 0 Å². The fourth-order valence-electron chi connectivity index (χ4n) is 1.97. The molecule has 12 heavy (non-hydrogen) atoms. The standard InChI is InChI=1S/C8H13F3O/c1-5(12)6-3-2-4-7(6)8(9,10)11/h5-7,12H,2-4H2,1H3. The summed E-state index contributed by atoms with van der Waals surface area (Å²) in [7, 11) is 0. The largest absolute Gasteiger partial charge is 0.393 e. The molecular weight excluding hydrogens is 169 g/mol. The van der Waals surface area contributed by atoms with Gasteiger partial charge in [0, 0.05) is 0 Å². The van der Waals surface area contributed by atoms with Crippen molar-refractivity contribution in [1.29, 1.82) is 0 Å². The minimum Gasteiger partial charge on any atom is -0.393 e. The van der Waals surface area contributed by atoms with E-state index in [1.165, 1.54) is 6.92 Å². The molecule has 0 heterocycles. The minimum absolute atomic E-state index is 0.180. The van der Waals surface area contributed by atoms with E-state index in [4.69, 9.17) is 5.11 Å². The van der Waals surface area contributed by atoms with Crippen LogP contribution in [-0.4, -0.2) is 17.4 Å². The lowest BCUT2D eigenvalue weighted by Gasteiger charge is -2.24. The minimum atomic E-state index is -4.13. The molecule has 1 N–H and O–H groups in total. The fraction of sp³-hybridized carbons (Fsp3) is 1.00. The van der Waals surface area contributed by atoms with E-state index in [0.717, 1.165) is 0 Å². The Morgan fingerprint density at radius 2 is 1.92 bits per heavy atom. The van der Waals surface area contributed by atoms with E-state index < -0.39 is 24.1 Å². The Bertz CT molecular complexity index is 153. The van der Waals surface area contributed by atoms with E-state index in [1.54, 1.807) is 0 Å². The molecule has 0 saturated heterocycles. The molecule has 3 unspecified atom stereocenters. The summed E-state index contributed by atoms with van der Waals surface area (Å²) in [5, 5.41) is 9.09. The zero-order valence-electron chi connectivity index (χ0n) is 6.93. The van der Waals surface area contributed by atoms with Crippen molar-refractivity contribution in [1.82, 2.24) is 0 Å².